The summed E-state index contributed by atoms with van der Waals surface area (Å²) in [5, 5.41) is 11.3. The number of hydrogen-bond donors (Lipinski definition) is 0. The van der Waals surface area contributed by atoms with Gasteiger partial charge >= 0.3 is 5.90 Å². The molecule has 2 aromatic carbocycles. The average Bonchev–Trinajstić information content (AvgIpc) is 2.52. The molecule has 0 N–H and O–H groups in total. The normalized spacial score (nSPS) is 14.4. The van der Waals surface area contributed by atoms with Gasteiger partial charge in [0.05, 0.1) is 12.7 Å². The molecule has 3 nitrogen and oxygen atoms in total. The van der Waals surface area contributed by atoms with E-state index in [-0.39, 0.29) is 5.76 Å². The minimum Gasteiger partial charge on any atom is -0.873 e. The Morgan fingerprint density at radius 2 is 1.35 bits per heavy atom. The van der Waals surface area contributed by atoms with Gasteiger partial charge in [-0.15, -0.1) is 4.58 Å². The Hall–Kier alpha value is -2.55. The molecule has 1 aliphatic heterocycles. The molecule has 0 amide bonds. The van der Waals surface area contributed by atoms with Gasteiger partial charge in [-0.25, -0.2) is 0 Å². The van der Waals surface area contributed by atoms with Crippen LogP contribution < -0.4 is 9.68 Å². The van der Waals surface area contributed by atoms with Crippen LogP contribution in [0.15, 0.2) is 72.7 Å². The minimum absolute atomic E-state index is 0.0369. The van der Waals surface area contributed by atoms with Gasteiger partial charge in [-0.2, -0.15) is 0 Å². The molecule has 1 aliphatic rings. The van der Waals surface area contributed by atoms with E-state index in [1.165, 1.54) is 6.26 Å². The quantitative estimate of drug-likeness (QED) is 0.783. The molecule has 0 aromatic heterocycles. The predicted octanol–water partition coefficient (Wildman–Crippen LogP) is 2.93. The van der Waals surface area contributed by atoms with Crippen LogP contribution in [0.3, 0.4) is 0 Å². The summed E-state index contributed by atoms with van der Waals surface area (Å²) in [6, 6.07) is 20.0. The Bertz CT molecular complexity index is 604. The summed E-state index contributed by atoms with van der Waals surface area (Å²) in [4.78, 5) is 0. The fourth-order valence-corrected chi connectivity index (χ4v) is 2.24. The maximum atomic E-state index is 11.3. The Morgan fingerprint density at radius 1 is 0.800 bits per heavy atom. The van der Waals surface area contributed by atoms with E-state index in [1.54, 1.807) is 0 Å². The lowest BCUT2D eigenvalue weighted by Gasteiger charge is -2.17. The van der Waals surface area contributed by atoms with Gasteiger partial charge in [0.2, 0.25) is 11.4 Å². The molecule has 0 radical (unpaired) electrons. The highest BCUT2D eigenvalue weighted by atomic mass is 16.5. The van der Waals surface area contributed by atoms with Gasteiger partial charge in [-0.1, -0.05) is 42.2 Å². The van der Waals surface area contributed by atoms with Gasteiger partial charge in [0, 0.05) is 24.3 Å². The molecule has 1 heterocycles. The first-order chi connectivity index (χ1) is 9.84. The number of benzene rings is 2. The summed E-state index contributed by atoms with van der Waals surface area (Å²) in [5.41, 5.74) is 2.05. The molecule has 0 atom stereocenters. The van der Waals surface area contributed by atoms with E-state index in [1.807, 2.05) is 65.2 Å². The Labute approximate surface area is 118 Å². The second-order valence-corrected chi connectivity index (χ2v) is 4.60. The highest BCUT2D eigenvalue weighted by molar-refractivity contribution is 5.85. The number of para-hydroxylation sites is 2. The van der Waals surface area contributed by atoms with E-state index >= 15 is 0 Å². The van der Waals surface area contributed by atoms with Gasteiger partial charge in [-0.3, -0.25) is 0 Å². The van der Waals surface area contributed by atoms with E-state index in [4.69, 9.17) is 4.74 Å². The van der Waals surface area contributed by atoms with Gasteiger partial charge in [0.25, 0.3) is 0 Å². The van der Waals surface area contributed by atoms with Crippen molar-refractivity contribution < 1.29 is 9.84 Å². The topological polar surface area (TPSA) is 35.3 Å². The van der Waals surface area contributed by atoms with Crippen molar-refractivity contribution in [3.05, 3.63) is 72.7 Å². The van der Waals surface area contributed by atoms with Gasteiger partial charge in [0.1, 0.15) is 0 Å². The van der Waals surface area contributed by atoms with Gasteiger partial charge in [0.15, 0.2) is 0 Å². The molecule has 0 bridgehead atoms. The SMILES string of the molecule is [O-]C1=COC(=[N+](c2ccccc2)c2ccccc2)CC1. The van der Waals surface area contributed by atoms with Crippen LogP contribution in [0.5, 0.6) is 0 Å². The third-order valence-electron chi connectivity index (χ3n) is 3.19. The highest BCUT2D eigenvalue weighted by Crippen LogP contribution is 2.23. The molecule has 100 valence electrons. The lowest BCUT2D eigenvalue weighted by atomic mass is 10.2. The summed E-state index contributed by atoms with van der Waals surface area (Å²) in [6.45, 7) is 0. The van der Waals surface area contributed by atoms with Crippen molar-refractivity contribution in [1.29, 1.82) is 0 Å². The van der Waals surface area contributed by atoms with Crippen LogP contribution in [0, 0.1) is 0 Å². The zero-order valence-corrected chi connectivity index (χ0v) is 11.0. The molecule has 0 saturated heterocycles. The van der Waals surface area contributed by atoms with Crippen LogP contribution in [0.4, 0.5) is 11.4 Å². The lowest BCUT2D eigenvalue weighted by Crippen LogP contribution is -2.23. The van der Waals surface area contributed by atoms with Crippen molar-refractivity contribution in [3.63, 3.8) is 0 Å². The summed E-state index contributed by atoms with van der Waals surface area (Å²) in [6.07, 6.45) is 2.41. The Kier molecular flexibility index (Phi) is 3.50. The Balaban J connectivity index is 2.12. The van der Waals surface area contributed by atoms with Crippen molar-refractivity contribution in [2.75, 3.05) is 0 Å². The molecule has 20 heavy (non-hydrogen) atoms. The number of nitrogens with zero attached hydrogens (tertiary/aromatic N) is 1. The first-order valence-corrected chi connectivity index (χ1v) is 6.63. The largest absolute Gasteiger partial charge is 0.873 e. The van der Waals surface area contributed by atoms with E-state index in [9.17, 15) is 5.11 Å². The maximum Gasteiger partial charge on any atom is 0.353 e. The smallest absolute Gasteiger partial charge is 0.353 e. The van der Waals surface area contributed by atoms with E-state index in [0.717, 1.165) is 17.3 Å². The molecule has 0 spiro atoms. The highest BCUT2D eigenvalue weighted by Gasteiger charge is 2.23. The molecule has 0 unspecified atom stereocenters. The summed E-state index contributed by atoms with van der Waals surface area (Å²) >= 11 is 0. The van der Waals surface area contributed by atoms with E-state index in [2.05, 4.69) is 0 Å². The Morgan fingerprint density at radius 3 is 1.80 bits per heavy atom. The van der Waals surface area contributed by atoms with E-state index in [0.29, 0.717) is 12.8 Å². The zero-order chi connectivity index (χ0) is 13.8. The molecule has 3 heteroatoms. The van der Waals surface area contributed by atoms with Crippen LogP contribution in [-0.2, 0) is 4.74 Å². The van der Waals surface area contributed by atoms with E-state index < -0.39 is 0 Å². The molecule has 3 rings (SSSR count). The van der Waals surface area contributed by atoms with Crippen molar-refractivity contribution in [2.24, 2.45) is 0 Å². The second kappa shape index (κ2) is 5.61. The second-order valence-electron chi connectivity index (χ2n) is 4.60. The third kappa shape index (κ3) is 2.57. The van der Waals surface area contributed by atoms with Gasteiger partial charge < -0.3 is 9.84 Å². The molecular weight excluding hydrogens is 250 g/mol. The van der Waals surface area contributed by atoms with Crippen LogP contribution in [0.25, 0.3) is 0 Å². The average molecular weight is 265 g/mol. The fourth-order valence-electron chi connectivity index (χ4n) is 2.24. The number of hydrogen-bond acceptors (Lipinski definition) is 2. The van der Waals surface area contributed by atoms with Crippen LogP contribution in [0.1, 0.15) is 12.8 Å². The van der Waals surface area contributed by atoms with Crippen molar-refractivity contribution in [2.45, 2.75) is 12.8 Å². The standard InChI is InChI=1S/C17H15NO2/c19-16-11-12-17(20-13-16)18(14-7-3-1-4-8-14)15-9-5-2-6-10-15/h1-10,13H,11-12H2. The molecular formula is C17H15NO2. The summed E-state index contributed by atoms with van der Waals surface area (Å²) in [5.74, 6) is 0.817. The van der Waals surface area contributed by atoms with Crippen LogP contribution in [-0.4, -0.2) is 5.90 Å². The fraction of sp³-hybridized carbons (Fsp3) is 0.118. The molecule has 2 aromatic rings. The van der Waals surface area contributed by atoms with Crippen molar-refractivity contribution in [1.82, 2.24) is 4.58 Å². The van der Waals surface area contributed by atoms with Crippen molar-refractivity contribution in [3.8, 4) is 0 Å². The molecule has 0 aliphatic carbocycles. The van der Waals surface area contributed by atoms with Crippen LogP contribution >= 0.6 is 0 Å². The lowest BCUT2D eigenvalue weighted by molar-refractivity contribution is -0.309. The molecule has 0 saturated carbocycles. The summed E-state index contributed by atoms with van der Waals surface area (Å²) < 4.78 is 7.57. The minimum atomic E-state index is 0.0369. The van der Waals surface area contributed by atoms with Gasteiger partial charge in [-0.05, 0) is 6.42 Å². The molecule has 0 fully saturated rings. The number of ether oxygens (including phenoxy) is 1. The third-order valence-corrected chi connectivity index (χ3v) is 3.19. The van der Waals surface area contributed by atoms with Crippen molar-refractivity contribution >= 4 is 17.3 Å². The summed E-state index contributed by atoms with van der Waals surface area (Å²) in [7, 11) is 0. The van der Waals surface area contributed by atoms with Crippen LogP contribution in [0.2, 0.25) is 0 Å². The zero-order valence-electron chi connectivity index (χ0n) is 11.0. The first-order valence-electron chi connectivity index (χ1n) is 6.63. The first kappa shape index (κ1) is 12.5. The number of rotatable bonds is 2. The monoisotopic (exact) mass is 265 g/mol. The predicted molar refractivity (Wildman–Crippen MR) is 77.7 cm³/mol. The maximum absolute atomic E-state index is 11.3. The number of allylic oxidation sites excluding steroid dienone is 1.